The topological polar surface area (TPSA) is 109 Å². The summed E-state index contributed by atoms with van der Waals surface area (Å²) in [7, 11) is 0. The van der Waals surface area contributed by atoms with Crippen LogP contribution in [-0.4, -0.2) is 34.3 Å². The normalized spacial score (nSPS) is 18.6. The first-order valence-electron chi connectivity index (χ1n) is 9.14. The highest BCUT2D eigenvalue weighted by atomic mass is 32.2. The third kappa shape index (κ3) is 5.54. The van der Waals surface area contributed by atoms with Gasteiger partial charge in [-0.15, -0.1) is 0 Å². The van der Waals surface area contributed by atoms with Crippen LogP contribution >= 0.6 is 11.8 Å². The number of nitrogens with one attached hydrogen (secondary N) is 2. The second kappa shape index (κ2) is 9.04. The number of rotatable bonds is 6. The third-order valence-electron chi connectivity index (χ3n) is 4.56. The molecule has 0 saturated heterocycles. The number of pyridine rings is 1. The fourth-order valence-corrected chi connectivity index (χ4v) is 3.92. The van der Waals surface area contributed by atoms with E-state index in [1.165, 1.54) is 6.07 Å². The van der Waals surface area contributed by atoms with E-state index in [2.05, 4.69) is 20.6 Å². The molecule has 1 aliphatic heterocycles. The van der Waals surface area contributed by atoms with Gasteiger partial charge in [0.2, 0.25) is 5.91 Å². The summed E-state index contributed by atoms with van der Waals surface area (Å²) in [6, 6.07) is 9.98. The molecule has 152 valence electrons. The van der Waals surface area contributed by atoms with Crippen LogP contribution in [0, 0.1) is 5.82 Å². The Morgan fingerprint density at radius 1 is 1.31 bits per heavy atom. The van der Waals surface area contributed by atoms with Gasteiger partial charge in [0.15, 0.2) is 5.17 Å². The van der Waals surface area contributed by atoms with Crippen molar-refractivity contribution in [2.24, 2.45) is 10.7 Å². The molecule has 1 aromatic carbocycles. The van der Waals surface area contributed by atoms with Crippen LogP contribution in [0.3, 0.4) is 0 Å². The molecule has 0 bridgehead atoms. The van der Waals surface area contributed by atoms with E-state index >= 15 is 0 Å². The molecule has 1 unspecified atom stereocenters. The van der Waals surface area contributed by atoms with E-state index in [9.17, 15) is 14.0 Å². The average Bonchev–Trinajstić information content (AvgIpc) is 2.68. The zero-order valence-electron chi connectivity index (χ0n) is 15.9. The van der Waals surface area contributed by atoms with Gasteiger partial charge in [0.25, 0.3) is 5.91 Å². The van der Waals surface area contributed by atoms with E-state index in [1.54, 1.807) is 17.8 Å². The number of amides is 2. The highest BCUT2D eigenvalue weighted by molar-refractivity contribution is 8.13. The van der Waals surface area contributed by atoms with Gasteiger partial charge in [-0.05, 0) is 43.2 Å². The fourth-order valence-electron chi connectivity index (χ4n) is 2.94. The number of nitrogens with zero attached hydrogens (tertiary/aromatic N) is 2. The number of carbonyl (C=O) groups is 2. The van der Waals surface area contributed by atoms with Gasteiger partial charge in [0.1, 0.15) is 11.5 Å². The number of carbonyl (C=O) groups excluding carboxylic acids is 2. The number of hydrogen-bond donors (Lipinski definition) is 3. The van der Waals surface area contributed by atoms with Crippen LogP contribution in [0.1, 0.15) is 35.8 Å². The SMILES string of the molecule is CC1(c2cccc(NC(=O)CCNC(=O)c3ccc(F)cn3)c2)CCSC(N)=N1. The van der Waals surface area contributed by atoms with Gasteiger partial charge in [0, 0.05) is 24.4 Å². The number of anilines is 1. The predicted molar refractivity (Wildman–Crippen MR) is 112 cm³/mol. The van der Waals surface area contributed by atoms with Gasteiger partial charge >= 0.3 is 0 Å². The third-order valence-corrected chi connectivity index (χ3v) is 5.36. The quantitative estimate of drug-likeness (QED) is 0.672. The van der Waals surface area contributed by atoms with Crippen molar-refractivity contribution >= 4 is 34.4 Å². The molecule has 2 aromatic rings. The van der Waals surface area contributed by atoms with Crippen molar-refractivity contribution in [1.29, 1.82) is 0 Å². The number of nitrogens with two attached hydrogens (primary N) is 1. The van der Waals surface area contributed by atoms with E-state index in [-0.39, 0.29) is 24.6 Å². The van der Waals surface area contributed by atoms with Gasteiger partial charge in [-0.25, -0.2) is 9.37 Å². The summed E-state index contributed by atoms with van der Waals surface area (Å²) in [5.41, 5.74) is 7.21. The second-order valence-electron chi connectivity index (χ2n) is 6.82. The number of halogens is 1. The Morgan fingerprint density at radius 3 is 2.86 bits per heavy atom. The number of aromatic nitrogens is 1. The molecule has 3 rings (SSSR count). The minimum Gasteiger partial charge on any atom is -0.379 e. The lowest BCUT2D eigenvalue weighted by atomic mass is 9.89. The van der Waals surface area contributed by atoms with E-state index in [0.29, 0.717) is 10.9 Å². The fraction of sp³-hybridized carbons (Fsp3) is 0.300. The van der Waals surface area contributed by atoms with Crippen LogP contribution in [0.15, 0.2) is 47.6 Å². The van der Waals surface area contributed by atoms with E-state index < -0.39 is 17.3 Å². The highest BCUT2D eigenvalue weighted by Gasteiger charge is 2.29. The summed E-state index contributed by atoms with van der Waals surface area (Å²) in [4.78, 5) is 32.4. The smallest absolute Gasteiger partial charge is 0.269 e. The Bertz CT molecular complexity index is 935. The minimum atomic E-state index is -0.516. The largest absolute Gasteiger partial charge is 0.379 e. The van der Waals surface area contributed by atoms with Crippen molar-refractivity contribution in [2.45, 2.75) is 25.3 Å². The Hall–Kier alpha value is -2.94. The van der Waals surface area contributed by atoms with Gasteiger partial charge in [-0.1, -0.05) is 23.9 Å². The molecule has 7 nitrogen and oxygen atoms in total. The summed E-state index contributed by atoms with van der Waals surface area (Å²) in [5.74, 6) is -0.317. The van der Waals surface area contributed by atoms with Crippen LogP contribution in [-0.2, 0) is 10.3 Å². The zero-order chi connectivity index (χ0) is 20.9. The molecule has 0 aliphatic carbocycles. The summed E-state index contributed by atoms with van der Waals surface area (Å²) in [6.45, 7) is 2.17. The molecule has 0 fully saturated rings. The van der Waals surface area contributed by atoms with Crippen LogP contribution in [0.25, 0.3) is 0 Å². The molecule has 1 aliphatic rings. The summed E-state index contributed by atoms with van der Waals surface area (Å²) >= 11 is 1.54. The zero-order valence-corrected chi connectivity index (χ0v) is 16.8. The summed E-state index contributed by atoms with van der Waals surface area (Å²) in [6.07, 6.45) is 1.92. The number of benzene rings is 1. The highest BCUT2D eigenvalue weighted by Crippen LogP contribution is 2.35. The number of thioether (sulfide) groups is 1. The first-order chi connectivity index (χ1) is 13.9. The lowest BCUT2D eigenvalue weighted by Gasteiger charge is -2.30. The van der Waals surface area contributed by atoms with Gasteiger partial charge < -0.3 is 16.4 Å². The first kappa shape index (κ1) is 20.8. The van der Waals surface area contributed by atoms with Crippen molar-refractivity contribution in [3.63, 3.8) is 0 Å². The predicted octanol–water partition coefficient (Wildman–Crippen LogP) is 2.65. The summed E-state index contributed by atoms with van der Waals surface area (Å²) < 4.78 is 12.8. The molecule has 0 radical (unpaired) electrons. The van der Waals surface area contributed by atoms with E-state index in [4.69, 9.17) is 5.73 Å². The molecular weight excluding hydrogens is 393 g/mol. The number of aliphatic imine (C=N–C) groups is 1. The van der Waals surface area contributed by atoms with Crippen molar-refractivity contribution in [1.82, 2.24) is 10.3 Å². The second-order valence-corrected chi connectivity index (χ2v) is 7.93. The van der Waals surface area contributed by atoms with E-state index in [0.717, 1.165) is 30.0 Å². The van der Waals surface area contributed by atoms with Gasteiger partial charge in [-0.2, -0.15) is 0 Å². The molecule has 1 aromatic heterocycles. The van der Waals surface area contributed by atoms with E-state index in [1.807, 2.05) is 25.1 Å². The Kier molecular flexibility index (Phi) is 6.48. The van der Waals surface area contributed by atoms with Crippen molar-refractivity contribution in [2.75, 3.05) is 17.6 Å². The average molecular weight is 415 g/mol. The molecule has 29 heavy (non-hydrogen) atoms. The van der Waals surface area contributed by atoms with Gasteiger partial charge in [-0.3, -0.25) is 14.6 Å². The van der Waals surface area contributed by atoms with Crippen molar-refractivity contribution in [3.05, 3.63) is 59.7 Å². The maximum atomic E-state index is 12.8. The monoisotopic (exact) mass is 415 g/mol. The molecule has 2 amide bonds. The number of hydrogen-bond acceptors (Lipinski definition) is 6. The van der Waals surface area contributed by atoms with Crippen molar-refractivity contribution < 1.29 is 14.0 Å². The Labute approximate surface area is 172 Å². The van der Waals surface area contributed by atoms with Crippen molar-refractivity contribution in [3.8, 4) is 0 Å². The van der Waals surface area contributed by atoms with Crippen LogP contribution in [0.4, 0.5) is 10.1 Å². The van der Waals surface area contributed by atoms with Crippen LogP contribution < -0.4 is 16.4 Å². The molecule has 1 atom stereocenters. The standard InChI is InChI=1S/C20H22FN5O2S/c1-20(8-10-29-19(22)26-20)13-3-2-4-15(11-13)25-17(27)7-9-23-18(28)16-6-5-14(21)12-24-16/h2-6,11-12H,7-10H2,1H3,(H2,22,26)(H,23,28)(H,25,27). The van der Waals surface area contributed by atoms with Crippen LogP contribution in [0.2, 0.25) is 0 Å². The molecular formula is C20H22FN5O2S. The Morgan fingerprint density at radius 2 is 2.14 bits per heavy atom. The summed E-state index contributed by atoms with van der Waals surface area (Å²) in [5, 5.41) is 5.99. The molecule has 2 heterocycles. The molecule has 0 saturated carbocycles. The maximum absolute atomic E-state index is 12.8. The van der Waals surface area contributed by atoms with Gasteiger partial charge in [0.05, 0.1) is 11.7 Å². The maximum Gasteiger partial charge on any atom is 0.269 e. The molecule has 4 N–H and O–H groups in total. The molecule has 0 spiro atoms. The Balaban J connectivity index is 1.54. The lowest BCUT2D eigenvalue weighted by Crippen LogP contribution is -2.29. The minimum absolute atomic E-state index is 0.0934. The lowest BCUT2D eigenvalue weighted by molar-refractivity contribution is -0.116. The number of amidine groups is 1. The molecule has 9 heteroatoms. The first-order valence-corrected chi connectivity index (χ1v) is 10.1. The van der Waals surface area contributed by atoms with Crippen LogP contribution in [0.5, 0.6) is 0 Å².